The van der Waals surface area contributed by atoms with E-state index in [-0.39, 0.29) is 18.7 Å². The SMILES string of the molecule is COc1cccc(NC(=O)NC(C)CO)c1. The highest BCUT2D eigenvalue weighted by Crippen LogP contribution is 2.16. The Bertz CT molecular complexity index is 355. The summed E-state index contributed by atoms with van der Waals surface area (Å²) in [6.07, 6.45) is 0. The molecular weight excluding hydrogens is 208 g/mol. The van der Waals surface area contributed by atoms with Crippen LogP contribution in [-0.4, -0.2) is 30.9 Å². The molecule has 0 spiro atoms. The van der Waals surface area contributed by atoms with Crippen LogP contribution < -0.4 is 15.4 Å². The molecule has 5 heteroatoms. The summed E-state index contributed by atoms with van der Waals surface area (Å²) in [5.41, 5.74) is 0.641. The number of urea groups is 1. The van der Waals surface area contributed by atoms with Crippen molar-refractivity contribution in [1.82, 2.24) is 5.32 Å². The van der Waals surface area contributed by atoms with Crippen LogP contribution in [0.4, 0.5) is 10.5 Å². The Morgan fingerprint density at radius 2 is 2.31 bits per heavy atom. The summed E-state index contributed by atoms with van der Waals surface area (Å²) < 4.78 is 5.03. The van der Waals surface area contributed by atoms with Crippen LogP contribution in [0, 0.1) is 0 Å². The lowest BCUT2D eigenvalue weighted by Crippen LogP contribution is -2.38. The number of hydrogen-bond donors (Lipinski definition) is 3. The van der Waals surface area contributed by atoms with Crippen LogP contribution in [0.15, 0.2) is 24.3 Å². The monoisotopic (exact) mass is 224 g/mol. The maximum atomic E-state index is 11.4. The number of aliphatic hydroxyl groups is 1. The van der Waals surface area contributed by atoms with E-state index in [1.165, 1.54) is 0 Å². The zero-order valence-electron chi connectivity index (χ0n) is 9.36. The molecule has 0 saturated carbocycles. The quantitative estimate of drug-likeness (QED) is 0.719. The van der Waals surface area contributed by atoms with Gasteiger partial charge in [0.15, 0.2) is 0 Å². The number of rotatable bonds is 4. The molecule has 2 amide bonds. The molecule has 1 rings (SSSR count). The zero-order valence-corrected chi connectivity index (χ0v) is 9.36. The molecular formula is C11H16N2O3. The molecule has 0 aliphatic carbocycles. The lowest BCUT2D eigenvalue weighted by Gasteiger charge is -2.12. The summed E-state index contributed by atoms with van der Waals surface area (Å²) in [5.74, 6) is 0.674. The first kappa shape index (κ1) is 12.3. The second kappa shape index (κ2) is 5.97. The van der Waals surface area contributed by atoms with Crippen LogP contribution in [0.5, 0.6) is 5.75 Å². The number of anilines is 1. The summed E-state index contributed by atoms with van der Waals surface area (Å²) in [5, 5.41) is 14.0. The molecule has 0 heterocycles. The predicted octanol–water partition coefficient (Wildman–Crippen LogP) is 1.20. The van der Waals surface area contributed by atoms with E-state index in [1.54, 1.807) is 38.3 Å². The van der Waals surface area contributed by atoms with Gasteiger partial charge in [0, 0.05) is 11.8 Å². The highest BCUT2D eigenvalue weighted by atomic mass is 16.5. The minimum Gasteiger partial charge on any atom is -0.497 e. The van der Waals surface area contributed by atoms with Crippen molar-refractivity contribution < 1.29 is 14.6 Å². The number of hydrogen-bond acceptors (Lipinski definition) is 3. The second-order valence-electron chi connectivity index (χ2n) is 3.41. The van der Waals surface area contributed by atoms with E-state index in [1.807, 2.05) is 0 Å². The maximum absolute atomic E-state index is 11.4. The van der Waals surface area contributed by atoms with Crippen molar-refractivity contribution >= 4 is 11.7 Å². The van der Waals surface area contributed by atoms with Gasteiger partial charge in [-0.2, -0.15) is 0 Å². The van der Waals surface area contributed by atoms with E-state index in [0.717, 1.165) is 0 Å². The number of carbonyl (C=O) groups is 1. The molecule has 1 atom stereocenters. The van der Waals surface area contributed by atoms with Crippen LogP contribution in [0.25, 0.3) is 0 Å². The first-order valence-corrected chi connectivity index (χ1v) is 4.98. The molecule has 3 N–H and O–H groups in total. The van der Waals surface area contributed by atoms with Crippen molar-refractivity contribution in [2.75, 3.05) is 19.0 Å². The molecule has 0 bridgehead atoms. The van der Waals surface area contributed by atoms with Crippen molar-refractivity contribution in [3.05, 3.63) is 24.3 Å². The fourth-order valence-corrected chi connectivity index (χ4v) is 1.14. The van der Waals surface area contributed by atoms with Crippen LogP contribution >= 0.6 is 0 Å². The summed E-state index contributed by atoms with van der Waals surface area (Å²) in [7, 11) is 1.56. The Kier molecular flexibility index (Phi) is 4.60. The van der Waals surface area contributed by atoms with Gasteiger partial charge in [-0.1, -0.05) is 6.07 Å². The molecule has 0 fully saturated rings. The topological polar surface area (TPSA) is 70.6 Å². The molecule has 0 aromatic heterocycles. The number of carbonyl (C=O) groups excluding carboxylic acids is 1. The molecule has 5 nitrogen and oxygen atoms in total. The van der Waals surface area contributed by atoms with E-state index in [9.17, 15) is 4.79 Å². The van der Waals surface area contributed by atoms with Crippen molar-refractivity contribution in [3.8, 4) is 5.75 Å². The van der Waals surface area contributed by atoms with E-state index in [2.05, 4.69) is 10.6 Å². The van der Waals surface area contributed by atoms with Gasteiger partial charge in [-0.3, -0.25) is 0 Å². The molecule has 16 heavy (non-hydrogen) atoms. The third kappa shape index (κ3) is 3.78. The first-order valence-electron chi connectivity index (χ1n) is 4.98. The van der Waals surface area contributed by atoms with Gasteiger partial charge in [0.2, 0.25) is 0 Å². The van der Waals surface area contributed by atoms with E-state index < -0.39 is 0 Å². The lowest BCUT2D eigenvalue weighted by atomic mass is 10.3. The molecule has 88 valence electrons. The second-order valence-corrected chi connectivity index (χ2v) is 3.41. The molecule has 1 unspecified atom stereocenters. The number of nitrogens with one attached hydrogen (secondary N) is 2. The van der Waals surface area contributed by atoms with Crippen molar-refractivity contribution in [2.24, 2.45) is 0 Å². The third-order valence-corrected chi connectivity index (χ3v) is 1.98. The molecule has 1 aromatic rings. The van der Waals surface area contributed by atoms with Gasteiger partial charge < -0.3 is 20.5 Å². The van der Waals surface area contributed by atoms with Crippen LogP contribution in [0.3, 0.4) is 0 Å². The summed E-state index contributed by atoms with van der Waals surface area (Å²) in [4.78, 5) is 11.4. The van der Waals surface area contributed by atoms with Crippen molar-refractivity contribution in [1.29, 1.82) is 0 Å². The standard InChI is InChI=1S/C11H16N2O3/c1-8(7-14)12-11(15)13-9-4-3-5-10(6-9)16-2/h3-6,8,14H,7H2,1-2H3,(H2,12,13,15). The van der Waals surface area contributed by atoms with Gasteiger partial charge in [0.05, 0.1) is 19.8 Å². The van der Waals surface area contributed by atoms with Crippen LogP contribution in [-0.2, 0) is 0 Å². The first-order chi connectivity index (χ1) is 7.65. The highest BCUT2D eigenvalue weighted by Gasteiger charge is 2.06. The molecule has 0 saturated heterocycles. The predicted molar refractivity (Wildman–Crippen MR) is 61.7 cm³/mol. The normalized spacial score (nSPS) is 11.7. The zero-order chi connectivity index (χ0) is 12.0. The van der Waals surface area contributed by atoms with Gasteiger partial charge in [0.1, 0.15) is 5.75 Å². The molecule has 1 aromatic carbocycles. The average molecular weight is 224 g/mol. The Hall–Kier alpha value is -1.75. The van der Waals surface area contributed by atoms with E-state index >= 15 is 0 Å². The number of ether oxygens (including phenoxy) is 1. The van der Waals surface area contributed by atoms with Gasteiger partial charge in [-0.05, 0) is 19.1 Å². The molecule has 0 radical (unpaired) electrons. The average Bonchev–Trinajstić information content (AvgIpc) is 2.28. The van der Waals surface area contributed by atoms with Crippen molar-refractivity contribution in [3.63, 3.8) is 0 Å². The fraction of sp³-hybridized carbons (Fsp3) is 0.364. The highest BCUT2D eigenvalue weighted by molar-refractivity contribution is 5.89. The Morgan fingerprint density at radius 3 is 2.94 bits per heavy atom. The summed E-state index contributed by atoms with van der Waals surface area (Å²) in [6, 6.07) is 6.42. The Morgan fingerprint density at radius 1 is 1.56 bits per heavy atom. The van der Waals surface area contributed by atoms with Gasteiger partial charge >= 0.3 is 6.03 Å². The van der Waals surface area contributed by atoms with E-state index in [4.69, 9.17) is 9.84 Å². The number of benzene rings is 1. The number of aliphatic hydroxyl groups excluding tert-OH is 1. The smallest absolute Gasteiger partial charge is 0.319 e. The fourth-order valence-electron chi connectivity index (χ4n) is 1.14. The largest absolute Gasteiger partial charge is 0.497 e. The molecule has 0 aliphatic rings. The van der Waals surface area contributed by atoms with Crippen molar-refractivity contribution in [2.45, 2.75) is 13.0 Å². The third-order valence-electron chi connectivity index (χ3n) is 1.98. The minimum atomic E-state index is -0.352. The summed E-state index contributed by atoms with van der Waals surface area (Å²) >= 11 is 0. The van der Waals surface area contributed by atoms with Gasteiger partial charge in [-0.15, -0.1) is 0 Å². The Labute approximate surface area is 94.4 Å². The molecule has 0 aliphatic heterocycles. The van der Waals surface area contributed by atoms with Crippen LogP contribution in [0.1, 0.15) is 6.92 Å². The number of amides is 2. The van der Waals surface area contributed by atoms with Gasteiger partial charge in [0.25, 0.3) is 0 Å². The lowest BCUT2D eigenvalue weighted by molar-refractivity contribution is 0.229. The summed E-state index contributed by atoms with van der Waals surface area (Å²) in [6.45, 7) is 1.62. The maximum Gasteiger partial charge on any atom is 0.319 e. The Balaban J connectivity index is 2.55. The van der Waals surface area contributed by atoms with Gasteiger partial charge in [-0.25, -0.2) is 4.79 Å². The van der Waals surface area contributed by atoms with E-state index in [0.29, 0.717) is 11.4 Å². The minimum absolute atomic E-state index is 0.0917. The van der Waals surface area contributed by atoms with Crippen LogP contribution in [0.2, 0.25) is 0 Å². The number of methoxy groups -OCH3 is 1.